The molecule has 4 heteroatoms. The SMILES string of the molecule is Cc1ccc(C2CCN(C(=O)CCC(=O)c3ccc4c(c3)CCN(C(C)C)CCC4)CC2)cc1. The van der Waals surface area contributed by atoms with Gasteiger partial charge in [-0.2, -0.15) is 0 Å². The highest BCUT2D eigenvalue weighted by Crippen LogP contribution is 2.28. The topological polar surface area (TPSA) is 40.6 Å². The molecule has 0 spiro atoms. The predicted octanol–water partition coefficient (Wildman–Crippen LogP) is 5.56. The van der Waals surface area contributed by atoms with Crippen LogP contribution in [0.2, 0.25) is 0 Å². The standard InChI is InChI=1S/C30H40N2O2/c1-22(2)31-17-4-5-24-10-11-28(21-27(24)16-18-31)29(33)12-13-30(34)32-19-14-26(15-20-32)25-8-6-23(3)7-9-25/h6-11,21-22,26H,4-5,12-20H2,1-3H3. The van der Waals surface area contributed by atoms with Gasteiger partial charge in [0.15, 0.2) is 5.78 Å². The molecule has 2 aromatic rings. The number of nitrogens with zero attached hydrogens (tertiary/aromatic N) is 2. The molecule has 1 fully saturated rings. The van der Waals surface area contributed by atoms with E-state index in [1.165, 1.54) is 22.3 Å². The Bertz CT molecular complexity index is 987. The van der Waals surface area contributed by atoms with Crippen LogP contribution in [0.3, 0.4) is 0 Å². The third-order valence-electron chi connectivity index (χ3n) is 7.78. The van der Waals surface area contributed by atoms with Gasteiger partial charge < -0.3 is 9.80 Å². The summed E-state index contributed by atoms with van der Waals surface area (Å²) in [6.45, 7) is 10.4. The Morgan fingerprint density at radius 2 is 1.62 bits per heavy atom. The highest BCUT2D eigenvalue weighted by atomic mass is 16.2. The van der Waals surface area contributed by atoms with E-state index in [-0.39, 0.29) is 11.7 Å². The van der Waals surface area contributed by atoms with Crippen LogP contribution in [0.4, 0.5) is 0 Å². The molecule has 2 heterocycles. The van der Waals surface area contributed by atoms with Crippen LogP contribution in [0.1, 0.15) is 84.5 Å². The molecule has 4 rings (SSSR count). The smallest absolute Gasteiger partial charge is 0.223 e. The molecule has 0 aliphatic carbocycles. The lowest BCUT2D eigenvalue weighted by Crippen LogP contribution is -2.38. The average molecular weight is 461 g/mol. The summed E-state index contributed by atoms with van der Waals surface area (Å²) < 4.78 is 0. The van der Waals surface area contributed by atoms with Crippen molar-refractivity contribution in [1.29, 1.82) is 0 Å². The number of carbonyl (C=O) groups is 2. The number of aryl methyl sites for hydroxylation is 2. The van der Waals surface area contributed by atoms with Gasteiger partial charge in [0.05, 0.1) is 0 Å². The van der Waals surface area contributed by atoms with E-state index >= 15 is 0 Å². The number of hydrogen-bond acceptors (Lipinski definition) is 3. The lowest BCUT2D eigenvalue weighted by Gasteiger charge is -2.32. The van der Waals surface area contributed by atoms with Crippen LogP contribution in [-0.2, 0) is 17.6 Å². The van der Waals surface area contributed by atoms with Crippen molar-refractivity contribution in [2.24, 2.45) is 0 Å². The molecular formula is C30H40N2O2. The van der Waals surface area contributed by atoms with Crippen LogP contribution < -0.4 is 0 Å². The molecule has 0 radical (unpaired) electrons. The zero-order chi connectivity index (χ0) is 24.1. The van der Waals surface area contributed by atoms with Gasteiger partial charge in [0, 0.05) is 44.1 Å². The molecule has 0 saturated carbocycles. The third kappa shape index (κ3) is 6.15. The van der Waals surface area contributed by atoms with Gasteiger partial charge in [-0.05, 0) is 88.1 Å². The summed E-state index contributed by atoms with van der Waals surface area (Å²) in [7, 11) is 0. The summed E-state index contributed by atoms with van der Waals surface area (Å²) in [6, 6.07) is 15.5. The number of Topliss-reactive ketones (excluding diaryl/α,β-unsaturated/α-hetero) is 1. The van der Waals surface area contributed by atoms with E-state index in [4.69, 9.17) is 0 Å². The van der Waals surface area contributed by atoms with E-state index in [0.717, 1.165) is 63.8 Å². The zero-order valence-corrected chi connectivity index (χ0v) is 21.2. The quantitative estimate of drug-likeness (QED) is 0.530. The monoisotopic (exact) mass is 460 g/mol. The molecule has 0 unspecified atom stereocenters. The fourth-order valence-corrected chi connectivity index (χ4v) is 5.46. The summed E-state index contributed by atoms with van der Waals surface area (Å²) in [5.74, 6) is 0.740. The van der Waals surface area contributed by atoms with Crippen molar-refractivity contribution < 1.29 is 9.59 Å². The number of ketones is 1. The Hall–Kier alpha value is -2.46. The Morgan fingerprint density at radius 3 is 2.32 bits per heavy atom. The second-order valence-corrected chi connectivity index (χ2v) is 10.5. The van der Waals surface area contributed by atoms with Crippen molar-refractivity contribution in [3.63, 3.8) is 0 Å². The maximum absolute atomic E-state index is 12.9. The highest BCUT2D eigenvalue weighted by molar-refractivity contribution is 5.98. The van der Waals surface area contributed by atoms with Crippen LogP contribution in [0, 0.1) is 6.92 Å². The first-order valence-electron chi connectivity index (χ1n) is 13.1. The van der Waals surface area contributed by atoms with E-state index in [1.807, 2.05) is 11.0 Å². The van der Waals surface area contributed by atoms with Crippen molar-refractivity contribution >= 4 is 11.7 Å². The van der Waals surface area contributed by atoms with Crippen LogP contribution in [0.5, 0.6) is 0 Å². The number of carbonyl (C=O) groups excluding carboxylic acids is 2. The lowest BCUT2D eigenvalue weighted by molar-refractivity contribution is -0.132. The second kappa shape index (κ2) is 11.3. The maximum atomic E-state index is 12.9. The van der Waals surface area contributed by atoms with Gasteiger partial charge in [-0.15, -0.1) is 0 Å². The molecule has 34 heavy (non-hydrogen) atoms. The van der Waals surface area contributed by atoms with Gasteiger partial charge in [-0.25, -0.2) is 0 Å². The van der Waals surface area contributed by atoms with E-state index in [9.17, 15) is 9.59 Å². The van der Waals surface area contributed by atoms with Gasteiger partial charge in [0.25, 0.3) is 0 Å². The highest BCUT2D eigenvalue weighted by Gasteiger charge is 2.24. The molecule has 182 valence electrons. The van der Waals surface area contributed by atoms with Crippen molar-refractivity contribution in [3.8, 4) is 0 Å². The molecule has 1 amide bonds. The molecule has 2 aromatic carbocycles. The number of fused-ring (bicyclic) bond motifs is 1. The Kier molecular flexibility index (Phi) is 8.20. The van der Waals surface area contributed by atoms with Crippen LogP contribution in [0.15, 0.2) is 42.5 Å². The number of benzene rings is 2. The average Bonchev–Trinajstić information content (AvgIpc) is 2.83. The van der Waals surface area contributed by atoms with E-state index in [2.05, 4.69) is 62.1 Å². The first kappa shape index (κ1) is 24.7. The van der Waals surface area contributed by atoms with Crippen molar-refractivity contribution in [1.82, 2.24) is 9.80 Å². The third-order valence-corrected chi connectivity index (χ3v) is 7.78. The molecule has 4 nitrogen and oxygen atoms in total. The van der Waals surface area contributed by atoms with Crippen molar-refractivity contribution in [2.75, 3.05) is 26.2 Å². The van der Waals surface area contributed by atoms with Crippen molar-refractivity contribution in [3.05, 3.63) is 70.3 Å². The van der Waals surface area contributed by atoms with Crippen LogP contribution >= 0.6 is 0 Å². The van der Waals surface area contributed by atoms with Gasteiger partial charge in [-0.1, -0.05) is 42.0 Å². The Morgan fingerprint density at radius 1 is 0.882 bits per heavy atom. The van der Waals surface area contributed by atoms with Crippen LogP contribution in [0.25, 0.3) is 0 Å². The first-order valence-corrected chi connectivity index (χ1v) is 13.1. The molecule has 0 aromatic heterocycles. The molecule has 0 bridgehead atoms. The minimum absolute atomic E-state index is 0.0912. The normalized spacial score (nSPS) is 17.8. The minimum atomic E-state index is 0.0912. The van der Waals surface area contributed by atoms with Gasteiger partial charge >= 0.3 is 0 Å². The maximum Gasteiger partial charge on any atom is 0.223 e. The number of piperidine rings is 1. The fraction of sp³-hybridized carbons (Fsp3) is 0.533. The molecule has 0 N–H and O–H groups in total. The Balaban J connectivity index is 1.28. The summed E-state index contributed by atoms with van der Waals surface area (Å²) in [6.07, 6.45) is 5.84. The van der Waals surface area contributed by atoms with Gasteiger partial charge in [0.1, 0.15) is 0 Å². The molecule has 1 saturated heterocycles. The van der Waals surface area contributed by atoms with Crippen molar-refractivity contribution in [2.45, 2.75) is 77.7 Å². The number of amides is 1. The molecule has 2 aliphatic rings. The molecule has 2 aliphatic heterocycles. The van der Waals surface area contributed by atoms with E-state index < -0.39 is 0 Å². The Labute approximate surface area is 205 Å². The predicted molar refractivity (Wildman–Crippen MR) is 138 cm³/mol. The van der Waals surface area contributed by atoms with Crippen LogP contribution in [-0.4, -0.2) is 53.7 Å². The summed E-state index contributed by atoms with van der Waals surface area (Å²) in [5, 5.41) is 0. The number of hydrogen-bond donors (Lipinski definition) is 0. The zero-order valence-electron chi connectivity index (χ0n) is 21.2. The molecular weight excluding hydrogens is 420 g/mol. The van der Waals surface area contributed by atoms with E-state index in [1.54, 1.807) is 0 Å². The largest absolute Gasteiger partial charge is 0.343 e. The summed E-state index contributed by atoms with van der Waals surface area (Å²) in [4.78, 5) is 30.2. The summed E-state index contributed by atoms with van der Waals surface area (Å²) >= 11 is 0. The number of rotatable bonds is 6. The molecule has 0 atom stereocenters. The summed E-state index contributed by atoms with van der Waals surface area (Å²) in [5.41, 5.74) is 6.11. The van der Waals surface area contributed by atoms with E-state index in [0.29, 0.717) is 24.8 Å². The second-order valence-electron chi connectivity index (χ2n) is 10.5. The van der Waals surface area contributed by atoms with Gasteiger partial charge in [0.2, 0.25) is 5.91 Å². The lowest BCUT2D eigenvalue weighted by atomic mass is 9.89. The van der Waals surface area contributed by atoms with Gasteiger partial charge in [-0.3, -0.25) is 9.59 Å². The number of likely N-dealkylation sites (tertiary alicyclic amines) is 1. The fourth-order valence-electron chi connectivity index (χ4n) is 5.46. The minimum Gasteiger partial charge on any atom is -0.343 e. The first-order chi connectivity index (χ1) is 16.4.